The molecule has 0 radical (unpaired) electrons. The zero-order valence-corrected chi connectivity index (χ0v) is 19.6. The molecule has 9 nitrogen and oxygen atoms in total. The van der Waals surface area contributed by atoms with Crippen molar-refractivity contribution < 1.29 is 9.13 Å². The second-order valence-electron chi connectivity index (χ2n) is 8.99. The normalized spacial score (nSPS) is 19.9. The largest absolute Gasteiger partial charge is 0.479 e. The summed E-state index contributed by atoms with van der Waals surface area (Å²) in [5.74, 6) is 0.951. The fourth-order valence-electron chi connectivity index (χ4n) is 5.11. The molecule has 10 heteroatoms. The van der Waals surface area contributed by atoms with Crippen molar-refractivity contribution >= 4 is 23.5 Å². The van der Waals surface area contributed by atoms with Crippen LogP contribution in [0.2, 0.25) is 0 Å². The standard InChI is InChI=1S/C23H35FN8O/c1-3-19(18-10-7-11-26-18)32(14-15-8-5-4-6-9-15)23-30-21(25)29-22(31-23)28-16-12-17(24)20(33-2)27-13-16/h12-13,15,18-19,26H,3-11,14H2,1-2H3,(H3,25,28,29,30,31). The summed E-state index contributed by atoms with van der Waals surface area (Å²) in [6, 6.07) is 1.96. The minimum atomic E-state index is -0.568. The summed E-state index contributed by atoms with van der Waals surface area (Å²) in [6.45, 7) is 4.16. The van der Waals surface area contributed by atoms with E-state index in [2.05, 4.69) is 37.4 Å². The molecule has 1 aliphatic heterocycles. The minimum Gasteiger partial charge on any atom is -0.479 e. The summed E-state index contributed by atoms with van der Waals surface area (Å²) in [5, 5.41) is 6.68. The van der Waals surface area contributed by atoms with Gasteiger partial charge in [-0.1, -0.05) is 26.2 Å². The molecular weight excluding hydrogens is 423 g/mol. The van der Waals surface area contributed by atoms with Gasteiger partial charge >= 0.3 is 0 Å². The SMILES string of the molecule is CCC(C1CCCN1)N(CC1CCCCC1)c1nc(N)nc(Nc2cnc(OC)c(F)c2)n1. The van der Waals surface area contributed by atoms with E-state index in [9.17, 15) is 4.39 Å². The monoisotopic (exact) mass is 458 g/mol. The van der Waals surface area contributed by atoms with Crippen LogP contribution in [0.3, 0.4) is 0 Å². The molecule has 4 rings (SSSR count). The molecular formula is C23H35FN8O. The van der Waals surface area contributed by atoms with Gasteiger partial charge in [-0.3, -0.25) is 0 Å². The molecule has 33 heavy (non-hydrogen) atoms. The lowest BCUT2D eigenvalue weighted by Crippen LogP contribution is -2.50. The van der Waals surface area contributed by atoms with Crippen molar-refractivity contribution in [1.29, 1.82) is 0 Å². The van der Waals surface area contributed by atoms with Gasteiger partial charge in [0, 0.05) is 24.7 Å². The highest BCUT2D eigenvalue weighted by Crippen LogP contribution is 2.30. The molecule has 2 aromatic rings. The van der Waals surface area contributed by atoms with Gasteiger partial charge in [0.15, 0.2) is 5.82 Å². The highest BCUT2D eigenvalue weighted by molar-refractivity contribution is 5.55. The van der Waals surface area contributed by atoms with Gasteiger partial charge in [-0.15, -0.1) is 0 Å². The topological polar surface area (TPSA) is 114 Å². The van der Waals surface area contributed by atoms with Crippen LogP contribution in [0.5, 0.6) is 5.88 Å². The number of anilines is 4. The quantitative estimate of drug-likeness (QED) is 0.518. The second-order valence-corrected chi connectivity index (χ2v) is 8.99. The average Bonchev–Trinajstić information content (AvgIpc) is 3.34. The van der Waals surface area contributed by atoms with Crippen molar-refractivity contribution in [3.05, 3.63) is 18.1 Å². The van der Waals surface area contributed by atoms with Crippen molar-refractivity contribution in [3.63, 3.8) is 0 Å². The molecule has 0 spiro atoms. The minimum absolute atomic E-state index is 0.0649. The maximum absolute atomic E-state index is 14.1. The van der Waals surface area contributed by atoms with Gasteiger partial charge in [0.2, 0.25) is 23.7 Å². The Balaban J connectivity index is 1.62. The van der Waals surface area contributed by atoms with E-state index in [0.717, 1.165) is 25.9 Å². The molecule has 2 unspecified atom stereocenters. The lowest BCUT2D eigenvalue weighted by atomic mass is 9.88. The highest BCUT2D eigenvalue weighted by Gasteiger charge is 2.32. The number of hydrogen-bond acceptors (Lipinski definition) is 9. The Morgan fingerprint density at radius 2 is 2.03 bits per heavy atom. The molecule has 2 atom stereocenters. The Bertz CT molecular complexity index is 917. The molecule has 2 fully saturated rings. The zero-order valence-electron chi connectivity index (χ0n) is 19.6. The molecule has 0 amide bonds. The van der Waals surface area contributed by atoms with Crippen molar-refractivity contribution in [3.8, 4) is 5.88 Å². The van der Waals surface area contributed by atoms with Gasteiger partial charge in [-0.25, -0.2) is 9.37 Å². The second kappa shape index (κ2) is 10.9. The lowest BCUT2D eigenvalue weighted by Gasteiger charge is -2.38. The Morgan fingerprint density at radius 1 is 1.21 bits per heavy atom. The third-order valence-corrected chi connectivity index (χ3v) is 6.72. The number of aromatic nitrogens is 4. The average molecular weight is 459 g/mol. The number of hydrogen-bond donors (Lipinski definition) is 3. The van der Waals surface area contributed by atoms with Gasteiger partial charge in [-0.05, 0) is 44.6 Å². The van der Waals surface area contributed by atoms with Crippen LogP contribution in [-0.2, 0) is 0 Å². The molecule has 2 aromatic heterocycles. The number of halogens is 1. The molecule has 1 aliphatic carbocycles. The van der Waals surface area contributed by atoms with Crippen molar-refractivity contribution in [2.45, 2.75) is 70.4 Å². The van der Waals surface area contributed by atoms with Crippen LogP contribution in [0.15, 0.2) is 12.3 Å². The summed E-state index contributed by atoms with van der Waals surface area (Å²) in [7, 11) is 1.38. The highest BCUT2D eigenvalue weighted by atomic mass is 19.1. The van der Waals surface area contributed by atoms with E-state index in [1.165, 1.54) is 57.9 Å². The number of nitrogens with two attached hydrogens (primary N) is 1. The number of nitrogen functional groups attached to an aromatic ring is 1. The van der Waals surface area contributed by atoms with E-state index in [1.807, 2.05) is 0 Å². The van der Waals surface area contributed by atoms with Gasteiger partial charge < -0.3 is 26.0 Å². The maximum atomic E-state index is 14.1. The van der Waals surface area contributed by atoms with E-state index in [1.54, 1.807) is 0 Å². The number of nitrogens with one attached hydrogen (secondary N) is 2. The van der Waals surface area contributed by atoms with Gasteiger partial charge in [0.25, 0.3) is 0 Å². The van der Waals surface area contributed by atoms with Gasteiger partial charge in [0.1, 0.15) is 0 Å². The molecule has 180 valence electrons. The van der Waals surface area contributed by atoms with Gasteiger partial charge in [0.05, 0.1) is 19.0 Å². The number of rotatable bonds is 9. The number of nitrogens with zero attached hydrogens (tertiary/aromatic N) is 5. The van der Waals surface area contributed by atoms with Crippen LogP contribution in [0.25, 0.3) is 0 Å². The molecule has 1 saturated heterocycles. The summed E-state index contributed by atoms with van der Waals surface area (Å²) in [6.07, 6.45) is 11.1. The third kappa shape index (κ3) is 5.79. The summed E-state index contributed by atoms with van der Waals surface area (Å²) < 4.78 is 19.0. The first-order chi connectivity index (χ1) is 16.1. The van der Waals surface area contributed by atoms with Crippen LogP contribution in [0.4, 0.5) is 27.9 Å². The summed E-state index contributed by atoms with van der Waals surface area (Å²) >= 11 is 0. The van der Waals surface area contributed by atoms with Gasteiger partial charge in [-0.2, -0.15) is 15.0 Å². The van der Waals surface area contributed by atoms with Crippen LogP contribution < -0.4 is 26.0 Å². The first kappa shape index (κ1) is 23.4. The molecule has 1 saturated carbocycles. The van der Waals surface area contributed by atoms with Crippen LogP contribution >= 0.6 is 0 Å². The predicted molar refractivity (Wildman–Crippen MR) is 127 cm³/mol. The lowest BCUT2D eigenvalue weighted by molar-refractivity contribution is 0.332. The number of pyridine rings is 1. The fraction of sp³-hybridized carbons (Fsp3) is 0.652. The van der Waals surface area contributed by atoms with E-state index in [4.69, 9.17) is 15.5 Å². The molecule has 3 heterocycles. The van der Waals surface area contributed by atoms with Crippen molar-refractivity contribution in [1.82, 2.24) is 25.3 Å². The molecule has 2 aliphatic rings. The van der Waals surface area contributed by atoms with Crippen LogP contribution in [0, 0.1) is 11.7 Å². The van der Waals surface area contributed by atoms with Crippen LogP contribution in [-0.4, -0.2) is 52.2 Å². The number of methoxy groups -OCH3 is 1. The van der Waals surface area contributed by atoms with Crippen LogP contribution in [0.1, 0.15) is 58.3 Å². The Morgan fingerprint density at radius 3 is 2.70 bits per heavy atom. The van der Waals surface area contributed by atoms with E-state index >= 15 is 0 Å². The summed E-state index contributed by atoms with van der Waals surface area (Å²) in [5.41, 5.74) is 6.51. The first-order valence-electron chi connectivity index (χ1n) is 12.1. The first-order valence-corrected chi connectivity index (χ1v) is 12.1. The smallest absolute Gasteiger partial charge is 0.250 e. The fourth-order valence-corrected chi connectivity index (χ4v) is 5.11. The Hall–Kier alpha value is -2.75. The Labute approximate surface area is 194 Å². The predicted octanol–water partition coefficient (Wildman–Crippen LogP) is 3.66. The summed E-state index contributed by atoms with van der Waals surface area (Å²) in [4.78, 5) is 19.8. The van der Waals surface area contributed by atoms with E-state index in [0.29, 0.717) is 23.6 Å². The molecule has 0 bridgehead atoms. The van der Waals surface area contributed by atoms with E-state index < -0.39 is 5.82 Å². The van der Waals surface area contributed by atoms with Crippen molar-refractivity contribution in [2.75, 3.05) is 36.1 Å². The molecule has 0 aromatic carbocycles. The number of ether oxygens (including phenoxy) is 1. The Kier molecular flexibility index (Phi) is 7.74. The third-order valence-electron chi connectivity index (χ3n) is 6.72. The zero-order chi connectivity index (χ0) is 23.2. The molecule has 4 N–H and O–H groups in total. The van der Waals surface area contributed by atoms with Crippen molar-refractivity contribution in [2.24, 2.45) is 5.92 Å². The maximum Gasteiger partial charge on any atom is 0.250 e. The van der Waals surface area contributed by atoms with E-state index in [-0.39, 0.29) is 23.8 Å².